The van der Waals surface area contributed by atoms with Crippen molar-refractivity contribution in [2.24, 2.45) is 11.3 Å². The first-order chi connectivity index (χ1) is 4.65. The third-order valence-corrected chi connectivity index (χ3v) is 3.14. The molecule has 1 aliphatic heterocycles. The van der Waals surface area contributed by atoms with Gasteiger partial charge >= 0.3 is 0 Å². The lowest BCUT2D eigenvalue weighted by Gasteiger charge is -2.37. The van der Waals surface area contributed by atoms with Gasteiger partial charge in [-0.25, -0.2) is 0 Å². The summed E-state index contributed by atoms with van der Waals surface area (Å²) in [6.07, 6.45) is 2.70. The molecule has 1 heterocycles. The fourth-order valence-corrected chi connectivity index (χ4v) is 1.58. The molecule has 0 atom stereocenters. The predicted octanol–water partition coefficient (Wildman–Crippen LogP) is 2.03. The summed E-state index contributed by atoms with van der Waals surface area (Å²) in [5.41, 5.74) is 0.616. The summed E-state index contributed by atoms with van der Waals surface area (Å²) in [5, 5.41) is 3.39. The standard InChI is InChI=1S/C9H19N/c1-8(2)9(3)4-6-10-7-5-9/h8,10H,4-7H2,1-3H3. The van der Waals surface area contributed by atoms with E-state index in [0.717, 1.165) is 5.92 Å². The summed E-state index contributed by atoms with van der Waals surface area (Å²) in [4.78, 5) is 0. The highest BCUT2D eigenvalue weighted by Gasteiger charge is 2.29. The molecule has 1 heteroatoms. The molecule has 0 amide bonds. The number of rotatable bonds is 1. The first kappa shape index (κ1) is 8.06. The summed E-state index contributed by atoms with van der Waals surface area (Å²) < 4.78 is 0. The highest BCUT2D eigenvalue weighted by Crippen LogP contribution is 2.35. The van der Waals surface area contributed by atoms with Crippen LogP contribution in [0.15, 0.2) is 0 Å². The van der Waals surface area contributed by atoms with Crippen LogP contribution in [0.1, 0.15) is 33.6 Å². The quantitative estimate of drug-likeness (QED) is 0.589. The molecular weight excluding hydrogens is 122 g/mol. The summed E-state index contributed by atoms with van der Waals surface area (Å²) in [7, 11) is 0. The first-order valence-electron chi connectivity index (χ1n) is 4.36. The van der Waals surface area contributed by atoms with Crippen molar-refractivity contribution < 1.29 is 0 Å². The second kappa shape index (κ2) is 2.91. The van der Waals surface area contributed by atoms with E-state index in [-0.39, 0.29) is 0 Å². The molecule has 1 saturated heterocycles. The number of hydrogen-bond acceptors (Lipinski definition) is 1. The minimum Gasteiger partial charge on any atom is -0.317 e. The van der Waals surface area contributed by atoms with Gasteiger partial charge in [0.05, 0.1) is 0 Å². The van der Waals surface area contributed by atoms with Crippen LogP contribution < -0.4 is 5.32 Å². The van der Waals surface area contributed by atoms with E-state index in [1.807, 2.05) is 0 Å². The molecule has 0 radical (unpaired) electrons. The van der Waals surface area contributed by atoms with Gasteiger partial charge in [-0.15, -0.1) is 0 Å². The Morgan fingerprint density at radius 1 is 1.20 bits per heavy atom. The van der Waals surface area contributed by atoms with E-state index in [0.29, 0.717) is 5.41 Å². The van der Waals surface area contributed by atoms with E-state index in [9.17, 15) is 0 Å². The summed E-state index contributed by atoms with van der Waals surface area (Å²) in [6, 6.07) is 0. The minimum absolute atomic E-state index is 0.616. The molecule has 10 heavy (non-hydrogen) atoms. The molecule has 1 rings (SSSR count). The molecule has 0 aromatic carbocycles. The van der Waals surface area contributed by atoms with Crippen molar-refractivity contribution in [3.05, 3.63) is 0 Å². The van der Waals surface area contributed by atoms with Gasteiger partial charge in [0.15, 0.2) is 0 Å². The Labute approximate surface area is 64.2 Å². The molecule has 0 saturated carbocycles. The van der Waals surface area contributed by atoms with Crippen LogP contribution in [0.25, 0.3) is 0 Å². The Kier molecular flexibility index (Phi) is 2.35. The highest BCUT2D eigenvalue weighted by molar-refractivity contribution is 4.82. The smallest absolute Gasteiger partial charge is 0.00436 e. The molecule has 1 fully saturated rings. The zero-order valence-electron chi connectivity index (χ0n) is 7.41. The van der Waals surface area contributed by atoms with Crippen molar-refractivity contribution in [1.82, 2.24) is 5.32 Å². The fraction of sp³-hybridized carbons (Fsp3) is 1.00. The van der Waals surface area contributed by atoms with E-state index in [1.54, 1.807) is 0 Å². The maximum absolute atomic E-state index is 3.39. The largest absolute Gasteiger partial charge is 0.317 e. The average molecular weight is 141 g/mol. The molecule has 0 spiro atoms. The fourth-order valence-electron chi connectivity index (χ4n) is 1.58. The van der Waals surface area contributed by atoms with Crippen LogP contribution in [0.2, 0.25) is 0 Å². The molecule has 1 aliphatic rings. The Hall–Kier alpha value is -0.0400. The summed E-state index contributed by atoms with van der Waals surface area (Å²) in [6.45, 7) is 9.53. The third-order valence-electron chi connectivity index (χ3n) is 3.14. The van der Waals surface area contributed by atoms with Crippen LogP contribution in [0.3, 0.4) is 0 Å². The second-order valence-corrected chi connectivity index (χ2v) is 4.06. The van der Waals surface area contributed by atoms with Crippen molar-refractivity contribution in [3.8, 4) is 0 Å². The van der Waals surface area contributed by atoms with Crippen LogP contribution in [-0.2, 0) is 0 Å². The van der Waals surface area contributed by atoms with Gasteiger partial charge in [0.2, 0.25) is 0 Å². The van der Waals surface area contributed by atoms with E-state index >= 15 is 0 Å². The van der Waals surface area contributed by atoms with Crippen molar-refractivity contribution >= 4 is 0 Å². The van der Waals surface area contributed by atoms with Crippen molar-refractivity contribution in [2.45, 2.75) is 33.6 Å². The van der Waals surface area contributed by atoms with Crippen molar-refractivity contribution in [3.63, 3.8) is 0 Å². The normalized spacial score (nSPS) is 25.2. The third kappa shape index (κ3) is 1.51. The molecule has 0 unspecified atom stereocenters. The van der Waals surface area contributed by atoms with Crippen LogP contribution in [0.5, 0.6) is 0 Å². The lowest BCUT2D eigenvalue weighted by molar-refractivity contribution is 0.154. The molecule has 0 aromatic rings. The molecule has 0 bridgehead atoms. The lowest BCUT2D eigenvalue weighted by atomic mass is 9.72. The summed E-state index contributed by atoms with van der Waals surface area (Å²) >= 11 is 0. The van der Waals surface area contributed by atoms with Crippen LogP contribution >= 0.6 is 0 Å². The molecular formula is C9H19N. The van der Waals surface area contributed by atoms with Gasteiger partial charge < -0.3 is 5.32 Å². The SMILES string of the molecule is CC(C)C1(C)CCNCC1. The van der Waals surface area contributed by atoms with Gasteiger partial charge in [-0.3, -0.25) is 0 Å². The van der Waals surface area contributed by atoms with Crippen LogP contribution in [0, 0.1) is 11.3 Å². The Morgan fingerprint density at radius 3 is 2.00 bits per heavy atom. The van der Waals surface area contributed by atoms with Crippen molar-refractivity contribution in [2.75, 3.05) is 13.1 Å². The maximum atomic E-state index is 3.39. The van der Waals surface area contributed by atoms with E-state index < -0.39 is 0 Å². The number of nitrogens with one attached hydrogen (secondary N) is 1. The minimum atomic E-state index is 0.616. The number of piperidine rings is 1. The lowest BCUT2D eigenvalue weighted by Crippen LogP contribution is -2.37. The monoisotopic (exact) mass is 141 g/mol. The van der Waals surface area contributed by atoms with Gasteiger partial charge in [-0.1, -0.05) is 20.8 Å². The predicted molar refractivity (Wildman–Crippen MR) is 45.0 cm³/mol. The van der Waals surface area contributed by atoms with Crippen LogP contribution in [-0.4, -0.2) is 13.1 Å². The summed E-state index contributed by atoms with van der Waals surface area (Å²) in [5.74, 6) is 0.842. The molecule has 1 N–H and O–H groups in total. The maximum Gasteiger partial charge on any atom is -0.00436 e. The number of hydrogen-bond donors (Lipinski definition) is 1. The molecule has 60 valence electrons. The Morgan fingerprint density at radius 2 is 1.70 bits per heavy atom. The molecule has 1 nitrogen and oxygen atoms in total. The average Bonchev–Trinajstić information content (AvgIpc) is 1.89. The second-order valence-electron chi connectivity index (χ2n) is 4.06. The molecule has 0 aromatic heterocycles. The van der Waals surface area contributed by atoms with Crippen LogP contribution in [0.4, 0.5) is 0 Å². The highest BCUT2D eigenvalue weighted by atomic mass is 14.9. The van der Waals surface area contributed by atoms with Gasteiger partial charge in [-0.05, 0) is 37.3 Å². The Bertz CT molecular complexity index is 101. The van der Waals surface area contributed by atoms with Crippen molar-refractivity contribution in [1.29, 1.82) is 0 Å². The zero-order valence-corrected chi connectivity index (χ0v) is 7.41. The van der Waals surface area contributed by atoms with E-state index in [1.165, 1.54) is 25.9 Å². The van der Waals surface area contributed by atoms with Gasteiger partial charge in [0.1, 0.15) is 0 Å². The van der Waals surface area contributed by atoms with Gasteiger partial charge in [-0.2, -0.15) is 0 Å². The van der Waals surface area contributed by atoms with Gasteiger partial charge in [0.25, 0.3) is 0 Å². The first-order valence-corrected chi connectivity index (χ1v) is 4.36. The topological polar surface area (TPSA) is 12.0 Å². The molecule has 0 aliphatic carbocycles. The van der Waals surface area contributed by atoms with Gasteiger partial charge in [0, 0.05) is 0 Å². The van der Waals surface area contributed by atoms with E-state index in [2.05, 4.69) is 26.1 Å². The zero-order chi connectivity index (χ0) is 7.61. The Balaban J connectivity index is 2.48. The van der Waals surface area contributed by atoms with E-state index in [4.69, 9.17) is 0 Å².